The van der Waals surface area contributed by atoms with Crippen LogP contribution in [0.3, 0.4) is 0 Å². The van der Waals surface area contributed by atoms with E-state index in [1.807, 2.05) is 26.0 Å². The Labute approximate surface area is 201 Å². The first-order chi connectivity index (χ1) is 16.1. The summed E-state index contributed by atoms with van der Waals surface area (Å²) in [5.74, 6) is 0.416. The van der Waals surface area contributed by atoms with Crippen LogP contribution in [0.25, 0.3) is 0 Å². The molecule has 34 heavy (non-hydrogen) atoms. The predicted octanol–water partition coefficient (Wildman–Crippen LogP) is 3.92. The fourth-order valence-corrected chi connectivity index (χ4v) is 4.96. The second-order valence-corrected chi connectivity index (χ2v) is 10.0. The molecule has 8 heteroatoms. The van der Waals surface area contributed by atoms with Crippen LogP contribution in [0.4, 0.5) is 11.4 Å². The van der Waals surface area contributed by atoms with E-state index in [1.165, 1.54) is 16.1 Å². The Morgan fingerprint density at radius 2 is 1.59 bits per heavy atom. The van der Waals surface area contributed by atoms with Crippen molar-refractivity contribution in [2.75, 3.05) is 29.4 Å². The van der Waals surface area contributed by atoms with Crippen molar-refractivity contribution in [1.82, 2.24) is 0 Å². The number of nitrogens with zero attached hydrogens (tertiary/aromatic N) is 2. The summed E-state index contributed by atoms with van der Waals surface area (Å²) in [6.07, 6.45) is -1.08. The summed E-state index contributed by atoms with van der Waals surface area (Å²) in [6.45, 7) is 4.92. The van der Waals surface area contributed by atoms with Crippen molar-refractivity contribution >= 4 is 27.3 Å². The van der Waals surface area contributed by atoms with Gasteiger partial charge in [0.05, 0.1) is 17.1 Å². The lowest BCUT2D eigenvalue weighted by molar-refractivity contribution is -0.116. The van der Waals surface area contributed by atoms with Crippen LogP contribution in [0.5, 0.6) is 5.75 Å². The minimum atomic E-state index is -3.91. The summed E-state index contributed by atoms with van der Waals surface area (Å²) in [6, 6.07) is 20.7. The molecule has 0 spiro atoms. The van der Waals surface area contributed by atoms with Gasteiger partial charge in [0.1, 0.15) is 18.5 Å². The molecule has 3 aromatic rings. The molecule has 7 nitrogen and oxygen atoms in total. The van der Waals surface area contributed by atoms with Gasteiger partial charge in [0.2, 0.25) is 5.91 Å². The van der Waals surface area contributed by atoms with Gasteiger partial charge in [-0.1, -0.05) is 35.9 Å². The van der Waals surface area contributed by atoms with Crippen LogP contribution in [0.1, 0.15) is 18.1 Å². The van der Waals surface area contributed by atoms with Gasteiger partial charge in [-0.05, 0) is 61.9 Å². The Morgan fingerprint density at radius 1 is 0.971 bits per heavy atom. The number of carbonyl (C=O) groups is 1. The zero-order valence-corrected chi connectivity index (χ0v) is 20.6. The van der Waals surface area contributed by atoms with Crippen molar-refractivity contribution in [3.63, 3.8) is 0 Å². The van der Waals surface area contributed by atoms with E-state index in [9.17, 15) is 18.3 Å². The van der Waals surface area contributed by atoms with E-state index < -0.39 is 16.1 Å². The highest BCUT2D eigenvalue weighted by atomic mass is 32.2. The third-order valence-electron chi connectivity index (χ3n) is 5.51. The van der Waals surface area contributed by atoms with E-state index in [2.05, 4.69) is 0 Å². The number of carbonyl (C=O) groups excluding carboxylic acids is 1. The largest absolute Gasteiger partial charge is 0.491 e. The Hall–Kier alpha value is -3.36. The second kappa shape index (κ2) is 10.7. The smallest absolute Gasteiger partial charge is 0.264 e. The Morgan fingerprint density at radius 3 is 2.18 bits per heavy atom. The number of aliphatic hydroxyl groups is 1. The summed E-state index contributed by atoms with van der Waals surface area (Å²) in [5.41, 5.74) is 2.95. The number of benzene rings is 3. The van der Waals surface area contributed by atoms with Crippen LogP contribution in [-0.2, 0) is 14.8 Å². The van der Waals surface area contributed by atoms with Gasteiger partial charge in [0.15, 0.2) is 0 Å². The molecule has 3 aromatic carbocycles. The zero-order chi connectivity index (χ0) is 24.9. The Bertz CT molecular complexity index is 1220. The number of hydrogen-bond acceptors (Lipinski definition) is 5. The van der Waals surface area contributed by atoms with Gasteiger partial charge in [-0.2, -0.15) is 0 Å². The predicted molar refractivity (Wildman–Crippen MR) is 134 cm³/mol. The third kappa shape index (κ3) is 5.95. The van der Waals surface area contributed by atoms with E-state index in [0.29, 0.717) is 11.4 Å². The number of aryl methyl sites for hydroxylation is 2. The van der Waals surface area contributed by atoms with Crippen LogP contribution < -0.4 is 13.9 Å². The van der Waals surface area contributed by atoms with E-state index in [0.717, 1.165) is 16.8 Å². The highest BCUT2D eigenvalue weighted by Gasteiger charge is 2.28. The average molecular weight is 483 g/mol. The van der Waals surface area contributed by atoms with Gasteiger partial charge in [0, 0.05) is 19.7 Å². The van der Waals surface area contributed by atoms with Crippen molar-refractivity contribution < 1.29 is 23.1 Å². The first-order valence-corrected chi connectivity index (χ1v) is 12.3. The SMILES string of the molecule is CC(=O)N(C)c1ccc(OC[C@@H](O)CN(c2ccccc2C)S(=O)(=O)c2ccc(C)cc2)cc1. The maximum atomic E-state index is 13.5. The van der Waals surface area contributed by atoms with Gasteiger partial charge >= 0.3 is 0 Å². The van der Waals surface area contributed by atoms with Gasteiger partial charge in [-0.25, -0.2) is 8.42 Å². The molecule has 0 aliphatic carbocycles. The molecule has 0 saturated carbocycles. The summed E-state index contributed by atoms with van der Waals surface area (Å²) in [7, 11) is -2.24. The summed E-state index contributed by atoms with van der Waals surface area (Å²) >= 11 is 0. The van der Waals surface area contributed by atoms with Crippen LogP contribution >= 0.6 is 0 Å². The molecular formula is C26H30N2O5S. The summed E-state index contributed by atoms with van der Waals surface area (Å²) < 4.78 is 33.9. The quantitative estimate of drug-likeness (QED) is 0.500. The molecule has 0 aliphatic rings. The lowest BCUT2D eigenvalue weighted by Crippen LogP contribution is -2.40. The molecule has 0 aromatic heterocycles. The van der Waals surface area contributed by atoms with Crippen molar-refractivity contribution in [2.24, 2.45) is 0 Å². The molecule has 0 bridgehead atoms. The maximum absolute atomic E-state index is 13.5. The number of rotatable bonds is 9. The second-order valence-electron chi connectivity index (χ2n) is 8.17. The van der Waals surface area contributed by atoms with Crippen molar-refractivity contribution in [3.8, 4) is 5.75 Å². The molecule has 0 aliphatic heterocycles. The first-order valence-electron chi connectivity index (χ1n) is 10.9. The maximum Gasteiger partial charge on any atom is 0.264 e. The zero-order valence-electron chi connectivity index (χ0n) is 19.8. The van der Waals surface area contributed by atoms with E-state index >= 15 is 0 Å². The molecule has 1 amide bonds. The first kappa shape index (κ1) is 25.3. The minimum Gasteiger partial charge on any atom is -0.491 e. The number of amides is 1. The van der Waals surface area contributed by atoms with Crippen LogP contribution in [0.2, 0.25) is 0 Å². The number of hydrogen-bond donors (Lipinski definition) is 1. The molecule has 0 unspecified atom stereocenters. The molecule has 0 heterocycles. The van der Waals surface area contributed by atoms with Crippen LogP contribution in [0.15, 0.2) is 77.7 Å². The van der Waals surface area contributed by atoms with Crippen molar-refractivity contribution in [3.05, 3.63) is 83.9 Å². The molecule has 1 N–H and O–H groups in total. The normalized spacial score (nSPS) is 12.1. The third-order valence-corrected chi connectivity index (χ3v) is 7.30. The Balaban J connectivity index is 1.78. The van der Waals surface area contributed by atoms with Crippen LogP contribution in [0, 0.1) is 13.8 Å². The van der Waals surface area contributed by atoms with Crippen molar-refractivity contribution in [2.45, 2.75) is 31.8 Å². The van der Waals surface area contributed by atoms with Crippen molar-refractivity contribution in [1.29, 1.82) is 0 Å². The number of sulfonamides is 1. The monoisotopic (exact) mass is 482 g/mol. The topological polar surface area (TPSA) is 87.2 Å². The highest BCUT2D eigenvalue weighted by Crippen LogP contribution is 2.27. The average Bonchev–Trinajstić information content (AvgIpc) is 2.82. The lowest BCUT2D eigenvalue weighted by Gasteiger charge is -2.28. The highest BCUT2D eigenvalue weighted by molar-refractivity contribution is 7.92. The number of para-hydroxylation sites is 1. The van der Waals surface area contributed by atoms with Gasteiger partial charge in [-0.3, -0.25) is 9.10 Å². The number of aliphatic hydroxyl groups excluding tert-OH is 1. The lowest BCUT2D eigenvalue weighted by atomic mass is 10.2. The number of anilines is 2. The molecule has 0 radical (unpaired) electrons. The fourth-order valence-electron chi connectivity index (χ4n) is 3.39. The van der Waals surface area contributed by atoms with Crippen LogP contribution in [-0.4, -0.2) is 45.7 Å². The molecule has 1 atom stereocenters. The molecule has 0 saturated heterocycles. The fraction of sp³-hybridized carbons (Fsp3) is 0.269. The van der Waals surface area contributed by atoms with E-state index in [1.54, 1.807) is 67.7 Å². The van der Waals surface area contributed by atoms with E-state index in [4.69, 9.17) is 4.74 Å². The Kier molecular flexibility index (Phi) is 7.96. The standard InChI is InChI=1S/C26H30N2O5S/c1-19-9-15-25(16-10-19)34(31,32)28(26-8-6-5-7-20(26)2)17-23(30)18-33-24-13-11-22(12-14-24)27(4)21(3)29/h5-16,23,30H,17-18H2,1-4H3/t23-/m0/s1. The molecule has 0 fully saturated rings. The van der Waals surface area contributed by atoms with Gasteiger partial charge in [-0.15, -0.1) is 0 Å². The van der Waals surface area contributed by atoms with Gasteiger partial charge < -0.3 is 14.7 Å². The van der Waals surface area contributed by atoms with Gasteiger partial charge in [0.25, 0.3) is 10.0 Å². The molecule has 180 valence electrons. The summed E-state index contributed by atoms with van der Waals surface area (Å²) in [4.78, 5) is 13.2. The summed E-state index contributed by atoms with van der Waals surface area (Å²) in [5, 5.41) is 10.7. The molecular weight excluding hydrogens is 452 g/mol. The minimum absolute atomic E-state index is 0.0878. The van der Waals surface area contributed by atoms with E-state index in [-0.39, 0.29) is 24.0 Å². The number of ether oxygens (including phenoxy) is 1. The molecule has 3 rings (SSSR count).